The second-order valence-electron chi connectivity index (χ2n) is 5.07. The fraction of sp³-hybridized carbons (Fsp3) is 0.111. The molecule has 1 aromatic heterocycles. The van der Waals surface area contributed by atoms with Crippen molar-refractivity contribution >= 4 is 34.0 Å². The molecule has 0 atom stereocenters. The summed E-state index contributed by atoms with van der Waals surface area (Å²) in [5.41, 5.74) is 1.45. The highest BCUT2D eigenvalue weighted by Crippen LogP contribution is 2.29. The lowest BCUT2D eigenvalue weighted by molar-refractivity contribution is 0.102. The first kappa shape index (κ1) is 17.3. The smallest absolute Gasteiger partial charge is 0.257 e. The van der Waals surface area contributed by atoms with Gasteiger partial charge in [0.2, 0.25) is 0 Å². The highest BCUT2D eigenvalue weighted by Gasteiger charge is 2.12. The van der Waals surface area contributed by atoms with Gasteiger partial charge in [-0.25, -0.2) is 4.98 Å². The van der Waals surface area contributed by atoms with Gasteiger partial charge in [-0.3, -0.25) is 10.1 Å². The Bertz CT molecular complexity index is 851. The van der Waals surface area contributed by atoms with E-state index in [0.29, 0.717) is 33.8 Å². The maximum atomic E-state index is 12.2. The van der Waals surface area contributed by atoms with Crippen LogP contribution in [0, 0.1) is 0 Å². The van der Waals surface area contributed by atoms with Gasteiger partial charge in [0.15, 0.2) is 16.6 Å². The molecule has 0 bridgehead atoms. The number of methoxy groups -OCH3 is 1. The van der Waals surface area contributed by atoms with Crippen molar-refractivity contribution in [2.24, 2.45) is 0 Å². The first-order chi connectivity index (χ1) is 12.2. The predicted molar refractivity (Wildman–Crippen MR) is 98.8 cm³/mol. The van der Waals surface area contributed by atoms with Crippen LogP contribution in [0.3, 0.4) is 0 Å². The molecule has 1 N–H and O–H groups in total. The molecule has 1 amide bonds. The minimum atomic E-state index is -0.252. The largest absolute Gasteiger partial charge is 0.493 e. The predicted octanol–water partition coefficient (Wildman–Crippen LogP) is 4.64. The third kappa shape index (κ3) is 4.49. The number of ether oxygens (including phenoxy) is 2. The highest BCUT2D eigenvalue weighted by molar-refractivity contribution is 7.13. The van der Waals surface area contributed by atoms with E-state index in [-0.39, 0.29) is 5.91 Å². The molecule has 7 heteroatoms. The molecule has 0 saturated carbocycles. The van der Waals surface area contributed by atoms with E-state index in [1.54, 1.807) is 29.8 Å². The summed E-state index contributed by atoms with van der Waals surface area (Å²) in [5, 5.41) is 5.75. The SMILES string of the molecule is COc1cc(C(=O)Nc2nccs2)ccc1OCc1ccc(Cl)cc1. The Balaban J connectivity index is 1.70. The zero-order valence-electron chi connectivity index (χ0n) is 13.4. The molecule has 128 valence electrons. The highest BCUT2D eigenvalue weighted by atomic mass is 35.5. The Kier molecular flexibility index (Phi) is 5.53. The lowest BCUT2D eigenvalue weighted by Gasteiger charge is -2.12. The lowest BCUT2D eigenvalue weighted by Crippen LogP contribution is -2.12. The van der Waals surface area contributed by atoms with Gasteiger partial charge in [0, 0.05) is 22.2 Å². The summed E-state index contributed by atoms with van der Waals surface area (Å²) in [6.45, 7) is 0.373. The number of halogens is 1. The van der Waals surface area contributed by atoms with Crippen molar-refractivity contribution in [2.45, 2.75) is 6.61 Å². The Morgan fingerprint density at radius 3 is 2.68 bits per heavy atom. The fourth-order valence-corrected chi connectivity index (χ4v) is 2.77. The van der Waals surface area contributed by atoms with Gasteiger partial charge in [-0.05, 0) is 35.9 Å². The topological polar surface area (TPSA) is 60.5 Å². The number of carbonyl (C=O) groups excluding carboxylic acids is 1. The van der Waals surface area contributed by atoms with Crippen molar-refractivity contribution in [3.05, 3.63) is 70.2 Å². The summed E-state index contributed by atoms with van der Waals surface area (Å²) >= 11 is 7.23. The molecule has 5 nitrogen and oxygen atoms in total. The van der Waals surface area contributed by atoms with E-state index in [1.165, 1.54) is 18.4 Å². The Hall–Kier alpha value is -2.57. The Labute approximate surface area is 154 Å². The van der Waals surface area contributed by atoms with Gasteiger partial charge in [-0.2, -0.15) is 0 Å². The van der Waals surface area contributed by atoms with Crippen molar-refractivity contribution in [2.75, 3.05) is 12.4 Å². The molecule has 0 saturated heterocycles. The van der Waals surface area contributed by atoms with Crippen LogP contribution in [-0.4, -0.2) is 18.0 Å². The average Bonchev–Trinajstić information content (AvgIpc) is 3.14. The number of thiazole rings is 1. The second kappa shape index (κ2) is 8.00. The van der Waals surface area contributed by atoms with E-state index in [9.17, 15) is 4.79 Å². The number of hydrogen-bond donors (Lipinski definition) is 1. The summed E-state index contributed by atoms with van der Waals surface area (Å²) in [7, 11) is 1.53. The van der Waals surface area contributed by atoms with E-state index in [2.05, 4.69) is 10.3 Å². The van der Waals surface area contributed by atoms with Gasteiger partial charge in [0.05, 0.1) is 7.11 Å². The number of amides is 1. The van der Waals surface area contributed by atoms with E-state index >= 15 is 0 Å². The number of carbonyl (C=O) groups is 1. The van der Waals surface area contributed by atoms with Gasteiger partial charge in [-0.1, -0.05) is 23.7 Å². The van der Waals surface area contributed by atoms with Crippen molar-refractivity contribution in [3.63, 3.8) is 0 Å². The normalized spacial score (nSPS) is 10.3. The van der Waals surface area contributed by atoms with Gasteiger partial charge < -0.3 is 9.47 Å². The average molecular weight is 375 g/mol. The van der Waals surface area contributed by atoms with Gasteiger partial charge in [-0.15, -0.1) is 11.3 Å². The van der Waals surface area contributed by atoms with Crippen LogP contribution in [0.4, 0.5) is 5.13 Å². The molecular formula is C18H15ClN2O3S. The molecule has 3 rings (SSSR count). The van der Waals surface area contributed by atoms with Crippen molar-refractivity contribution in [1.29, 1.82) is 0 Å². The number of nitrogens with zero attached hydrogens (tertiary/aromatic N) is 1. The molecule has 3 aromatic rings. The van der Waals surface area contributed by atoms with Gasteiger partial charge >= 0.3 is 0 Å². The minimum absolute atomic E-state index is 0.252. The Morgan fingerprint density at radius 2 is 2.00 bits per heavy atom. The fourth-order valence-electron chi connectivity index (χ4n) is 2.12. The van der Waals surface area contributed by atoms with Crippen LogP contribution in [-0.2, 0) is 6.61 Å². The monoisotopic (exact) mass is 374 g/mol. The van der Waals surface area contributed by atoms with E-state index in [1.807, 2.05) is 24.3 Å². The first-order valence-electron chi connectivity index (χ1n) is 7.42. The second-order valence-corrected chi connectivity index (χ2v) is 6.40. The molecule has 0 unspecified atom stereocenters. The number of hydrogen-bond acceptors (Lipinski definition) is 5. The molecular weight excluding hydrogens is 360 g/mol. The van der Waals surface area contributed by atoms with Crippen molar-refractivity contribution in [1.82, 2.24) is 4.98 Å². The van der Waals surface area contributed by atoms with Crippen LogP contribution in [0.2, 0.25) is 5.02 Å². The van der Waals surface area contributed by atoms with Gasteiger partial charge in [0.1, 0.15) is 6.61 Å². The number of anilines is 1. The lowest BCUT2D eigenvalue weighted by atomic mass is 10.2. The molecule has 0 radical (unpaired) electrons. The molecule has 0 aliphatic carbocycles. The van der Waals surface area contributed by atoms with Crippen molar-refractivity contribution < 1.29 is 14.3 Å². The maximum Gasteiger partial charge on any atom is 0.257 e. The Morgan fingerprint density at radius 1 is 1.20 bits per heavy atom. The summed E-state index contributed by atoms with van der Waals surface area (Å²) in [6.07, 6.45) is 1.63. The molecule has 25 heavy (non-hydrogen) atoms. The van der Waals surface area contributed by atoms with Gasteiger partial charge in [0.25, 0.3) is 5.91 Å². The van der Waals surface area contributed by atoms with Crippen LogP contribution >= 0.6 is 22.9 Å². The molecule has 1 heterocycles. The van der Waals surface area contributed by atoms with Crippen molar-refractivity contribution in [3.8, 4) is 11.5 Å². The standard InChI is InChI=1S/C18H15ClN2O3S/c1-23-16-10-13(17(22)21-18-20-8-9-25-18)4-7-15(16)24-11-12-2-5-14(19)6-3-12/h2-10H,11H2,1H3,(H,20,21,22). The summed E-state index contributed by atoms with van der Waals surface area (Å²) in [6, 6.07) is 12.4. The number of nitrogens with one attached hydrogen (secondary N) is 1. The van der Waals surface area contributed by atoms with E-state index < -0.39 is 0 Å². The summed E-state index contributed by atoms with van der Waals surface area (Å²) in [4.78, 5) is 16.3. The first-order valence-corrected chi connectivity index (χ1v) is 8.67. The number of aromatic nitrogens is 1. The molecule has 0 aliphatic rings. The molecule has 2 aromatic carbocycles. The van der Waals surface area contributed by atoms with Crippen LogP contribution in [0.5, 0.6) is 11.5 Å². The number of rotatable bonds is 6. The van der Waals surface area contributed by atoms with Crippen LogP contribution in [0.15, 0.2) is 54.0 Å². The third-order valence-corrected chi connectivity index (χ3v) is 4.33. The number of benzene rings is 2. The molecule has 0 fully saturated rings. The van der Waals surface area contributed by atoms with Crippen LogP contribution < -0.4 is 14.8 Å². The minimum Gasteiger partial charge on any atom is -0.493 e. The van der Waals surface area contributed by atoms with Crippen LogP contribution in [0.25, 0.3) is 0 Å². The molecule has 0 spiro atoms. The van der Waals surface area contributed by atoms with Crippen LogP contribution in [0.1, 0.15) is 15.9 Å². The zero-order chi connectivity index (χ0) is 17.6. The quantitative estimate of drug-likeness (QED) is 0.683. The molecule has 0 aliphatic heterocycles. The van der Waals surface area contributed by atoms with E-state index in [0.717, 1.165) is 5.56 Å². The van der Waals surface area contributed by atoms with E-state index in [4.69, 9.17) is 21.1 Å². The summed E-state index contributed by atoms with van der Waals surface area (Å²) < 4.78 is 11.1. The maximum absolute atomic E-state index is 12.2. The zero-order valence-corrected chi connectivity index (χ0v) is 14.9. The third-order valence-electron chi connectivity index (χ3n) is 3.39. The summed E-state index contributed by atoms with van der Waals surface area (Å²) in [5.74, 6) is 0.793.